The van der Waals surface area contributed by atoms with Crippen LogP contribution in [-0.4, -0.2) is 16.0 Å². The smallest absolute Gasteiger partial charge is 0.160 e. The zero-order chi connectivity index (χ0) is 39.6. The predicted octanol–water partition coefficient (Wildman–Crippen LogP) is 15.1. The fraction of sp³-hybridized carbons (Fsp3) is 0.0357. The second-order valence-electron chi connectivity index (χ2n) is 15.7. The van der Waals surface area contributed by atoms with Gasteiger partial charge in [-0.3, -0.25) is 0 Å². The van der Waals surface area contributed by atoms with Gasteiger partial charge in [-0.15, -0.1) is 11.3 Å². The molecule has 0 radical (unpaired) electrons. The van der Waals surface area contributed by atoms with Crippen LogP contribution in [0, 0.1) is 0 Å². The molecule has 1 aliphatic carbocycles. The van der Waals surface area contributed by atoms with Crippen LogP contribution in [0.1, 0.15) is 11.5 Å². The lowest BCUT2D eigenvalue weighted by Gasteiger charge is -2.28. The molecule has 2 atom stereocenters. The summed E-state index contributed by atoms with van der Waals surface area (Å²) < 4.78 is 2.52. The second-order valence-corrected chi connectivity index (χ2v) is 16.7. The molecule has 0 saturated carbocycles. The van der Waals surface area contributed by atoms with Gasteiger partial charge in [0.1, 0.15) is 0 Å². The predicted molar refractivity (Wildman–Crippen MR) is 253 cm³/mol. The highest BCUT2D eigenvalue weighted by Gasteiger charge is 2.37. The SMILES string of the molecule is C1=CC2c3ccc(-c4ccc(-c5ccc(-c6cc(-c7cccc8c7sc7ccccc78)nc(-c7ccccc7)n6)c6ccccc56)cc4)cc3N(c3ccccc3)C2C=C1. The van der Waals surface area contributed by atoms with Gasteiger partial charge in [0.15, 0.2) is 5.82 Å². The number of para-hydroxylation sites is 1. The number of thiophene rings is 1. The number of hydrogen-bond acceptors (Lipinski definition) is 4. The van der Waals surface area contributed by atoms with Crippen LogP contribution in [0.25, 0.3) is 87.1 Å². The molecular formula is C56H37N3S. The Morgan fingerprint density at radius 3 is 1.88 bits per heavy atom. The van der Waals surface area contributed by atoms with Crippen molar-refractivity contribution in [2.75, 3.05) is 4.90 Å². The summed E-state index contributed by atoms with van der Waals surface area (Å²) in [4.78, 5) is 13.0. The van der Waals surface area contributed by atoms with Gasteiger partial charge >= 0.3 is 0 Å². The molecule has 1 aliphatic heterocycles. The van der Waals surface area contributed by atoms with Crippen molar-refractivity contribution in [2.24, 2.45) is 0 Å². The summed E-state index contributed by atoms with van der Waals surface area (Å²) in [6.45, 7) is 0. The van der Waals surface area contributed by atoms with Crippen LogP contribution >= 0.6 is 11.3 Å². The molecule has 2 aliphatic rings. The maximum Gasteiger partial charge on any atom is 0.160 e. The minimum atomic E-state index is 0.274. The lowest BCUT2D eigenvalue weighted by molar-refractivity contribution is 0.745. The Morgan fingerprint density at radius 1 is 0.433 bits per heavy atom. The molecule has 0 fully saturated rings. The lowest BCUT2D eigenvalue weighted by Crippen LogP contribution is -2.28. The number of hydrogen-bond donors (Lipinski definition) is 0. The molecule has 8 aromatic carbocycles. The van der Waals surface area contributed by atoms with E-state index in [-0.39, 0.29) is 6.04 Å². The van der Waals surface area contributed by atoms with Gasteiger partial charge in [-0.25, -0.2) is 9.97 Å². The lowest BCUT2D eigenvalue weighted by atomic mass is 9.90. The number of nitrogens with zero attached hydrogens (tertiary/aromatic N) is 3. The molecule has 60 heavy (non-hydrogen) atoms. The van der Waals surface area contributed by atoms with Crippen LogP contribution < -0.4 is 4.90 Å². The van der Waals surface area contributed by atoms with E-state index in [0.717, 1.165) is 39.3 Å². The highest BCUT2D eigenvalue weighted by molar-refractivity contribution is 7.26. The summed E-state index contributed by atoms with van der Waals surface area (Å²) in [5, 5.41) is 4.89. The molecule has 2 aromatic heterocycles. The van der Waals surface area contributed by atoms with Gasteiger partial charge in [0, 0.05) is 54.2 Å². The van der Waals surface area contributed by atoms with Crippen LogP contribution in [0.3, 0.4) is 0 Å². The first-order valence-electron chi connectivity index (χ1n) is 20.6. The van der Waals surface area contributed by atoms with Crippen molar-refractivity contribution in [3.8, 4) is 56.2 Å². The van der Waals surface area contributed by atoms with E-state index < -0.39 is 0 Å². The topological polar surface area (TPSA) is 29.0 Å². The molecule has 0 bridgehead atoms. The summed E-state index contributed by atoms with van der Waals surface area (Å²) in [7, 11) is 0. The number of aromatic nitrogens is 2. The number of anilines is 2. The molecule has 282 valence electrons. The Hall–Kier alpha value is -7.40. The number of rotatable bonds is 6. The number of fused-ring (bicyclic) bond motifs is 7. The largest absolute Gasteiger partial charge is 0.333 e. The summed E-state index contributed by atoms with van der Waals surface area (Å²) >= 11 is 1.83. The normalized spacial score (nSPS) is 15.5. The van der Waals surface area contributed by atoms with E-state index in [2.05, 4.69) is 211 Å². The zero-order valence-corrected chi connectivity index (χ0v) is 33.4. The molecule has 3 heterocycles. The molecular weight excluding hydrogens is 747 g/mol. The van der Waals surface area contributed by atoms with Gasteiger partial charge < -0.3 is 4.90 Å². The summed E-state index contributed by atoms with van der Waals surface area (Å²) in [5.41, 5.74) is 13.7. The van der Waals surface area contributed by atoms with Gasteiger partial charge in [-0.1, -0.05) is 182 Å². The van der Waals surface area contributed by atoms with Crippen LogP contribution in [0.4, 0.5) is 11.4 Å². The van der Waals surface area contributed by atoms with E-state index in [1.165, 1.54) is 64.8 Å². The standard InChI is InChI=1S/C56H37N3S/c1-3-14-38(15-4-1)56-57-50(35-51(58-56)49-23-13-22-48-47-21-10-12-25-54(47)60-55(48)49)44-33-32-41(42-18-7-8-19-43(42)44)37-28-26-36(27-29-37)39-30-31-46-45-20-9-11-24-52(45)59(53(46)34-39)40-16-5-2-6-17-40/h1-35,45,52H. The average Bonchev–Trinajstić information content (AvgIpc) is 3.87. The Balaban J connectivity index is 0.942. The van der Waals surface area contributed by atoms with Crippen molar-refractivity contribution in [1.29, 1.82) is 0 Å². The minimum Gasteiger partial charge on any atom is -0.333 e. The molecule has 0 saturated heterocycles. The molecule has 3 nitrogen and oxygen atoms in total. The Morgan fingerprint density at radius 2 is 1.07 bits per heavy atom. The van der Waals surface area contributed by atoms with Crippen LogP contribution in [0.2, 0.25) is 0 Å². The van der Waals surface area contributed by atoms with Crippen LogP contribution in [0.15, 0.2) is 212 Å². The van der Waals surface area contributed by atoms with E-state index >= 15 is 0 Å². The number of benzene rings is 8. The monoisotopic (exact) mass is 783 g/mol. The maximum absolute atomic E-state index is 5.27. The Bertz CT molecular complexity index is 3330. The zero-order valence-electron chi connectivity index (χ0n) is 32.6. The first-order valence-corrected chi connectivity index (χ1v) is 21.4. The molecule has 0 amide bonds. The third kappa shape index (κ3) is 5.71. The van der Waals surface area contributed by atoms with E-state index in [0.29, 0.717) is 5.92 Å². The summed E-state index contributed by atoms with van der Waals surface area (Å²) in [6, 6.07) is 68.1. The highest BCUT2D eigenvalue weighted by atomic mass is 32.1. The average molecular weight is 784 g/mol. The molecule has 0 N–H and O–H groups in total. The van der Waals surface area contributed by atoms with E-state index in [1.807, 2.05) is 17.4 Å². The van der Waals surface area contributed by atoms with Gasteiger partial charge in [-0.2, -0.15) is 0 Å². The molecule has 10 aromatic rings. The molecule has 0 spiro atoms. The van der Waals surface area contributed by atoms with Gasteiger partial charge in [0.25, 0.3) is 0 Å². The Labute approximate surface area is 352 Å². The third-order valence-electron chi connectivity index (χ3n) is 12.3. The van der Waals surface area contributed by atoms with Crippen molar-refractivity contribution < 1.29 is 0 Å². The first kappa shape index (κ1) is 34.6. The second kappa shape index (κ2) is 14.2. The van der Waals surface area contributed by atoms with Gasteiger partial charge in [0.2, 0.25) is 0 Å². The van der Waals surface area contributed by atoms with Gasteiger partial charge in [-0.05, 0) is 68.9 Å². The van der Waals surface area contributed by atoms with E-state index in [1.54, 1.807) is 0 Å². The maximum atomic E-state index is 5.27. The van der Waals surface area contributed by atoms with Crippen LogP contribution in [0.5, 0.6) is 0 Å². The quantitative estimate of drug-likeness (QED) is 0.168. The van der Waals surface area contributed by atoms with Crippen LogP contribution in [-0.2, 0) is 0 Å². The van der Waals surface area contributed by atoms with E-state index in [9.17, 15) is 0 Å². The van der Waals surface area contributed by atoms with Crippen molar-refractivity contribution in [3.05, 3.63) is 218 Å². The van der Waals surface area contributed by atoms with Gasteiger partial charge in [0.05, 0.1) is 17.4 Å². The fourth-order valence-electron chi connectivity index (χ4n) is 9.41. The fourth-order valence-corrected chi connectivity index (χ4v) is 10.6. The first-order chi connectivity index (χ1) is 29.7. The Kier molecular flexibility index (Phi) is 8.17. The molecule has 12 rings (SSSR count). The van der Waals surface area contributed by atoms with Crippen molar-refractivity contribution >= 4 is 53.7 Å². The minimum absolute atomic E-state index is 0.274. The molecule has 4 heteroatoms. The summed E-state index contributed by atoms with van der Waals surface area (Å²) in [5.74, 6) is 1.06. The third-order valence-corrected chi connectivity index (χ3v) is 13.5. The highest BCUT2D eigenvalue weighted by Crippen LogP contribution is 2.49. The number of allylic oxidation sites excluding steroid dienone is 2. The van der Waals surface area contributed by atoms with Crippen molar-refractivity contribution in [1.82, 2.24) is 9.97 Å². The molecule has 2 unspecified atom stereocenters. The van der Waals surface area contributed by atoms with E-state index in [4.69, 9.17) is 9.97 Å². The summed E-state index contributed by atoms with van der Waals surface area (Å²) in [6.07, 6.45) is 9.04. The van der Waals surface area contributed by atoms with Crippen molar-refractivity contribution in [2.45, 2.75) is 12.0 Å². The van der Waals surface area contributed by atoms with Crippen molar-refractivity contribution in [3.63, 3.8) is 0 Å².